The average Bonchev–Trinajstić information content (AvgIpc) is 2.68. The number of halogens is 1. The van der Waals surface area contributed by atoms with E-state index in [0.717, 1.165) is 12.1 Å². The van der Waals surface area contributed by atoms with Gasteiger partial charge in [0.25, 0.3) is 10.0 Å². The summed E-state index contributed by atoms with van der Waals surface area (Å²) in [6, 6.07) is 8.82. The van der Waals surface area contributed by atoms with Crippen LogP contribution in [0.1, 0.15) is 41.5 Å². The predicted molar refractivity (Wildman–Crippen MR) is 119 cm³/mol. The second kappa shape index (κ2) is 9.55. The van der Waals surface area contributed by atoms with Crippen molar-refractivity contribution in [2.24, 2.45) is 0 Å². The van der Waals surface area contributed by atoms with Gasteiger partial charge in [-0.1, -0.05) is 13.8 Å². The van der Waals surface area contributed by atoms with Crippen molar-refractivity contribution in [2.75, 3.05) is 16.2 Å². The summed E-state index contributed by atoms with van der Waals surface area (Å²) in [6.45, 7) is 11.1. The van der Waals surface area contributed by atoms with Gasteiger partial charge in [0.05, 0.1) is 16.6 Å². The Balaban J connectivity index is 0.00000166. The zero-order valence-corrected chi connectivity index (χ0v) is 19.4. The molecule has 3 rings (SSSR count). The maximum Gasteiger partial charge on any atom is 0.412 e. The molecule has 0 fully saturated rings. The van der Waals surface area contributed by atoms with Crippen LogP contribution in [0.2, 0.25) is 0 Å². The number of carbonyl (C=O) groups is 1. The zero-order chi connectivity index (χ0) is 23.4. The van der Waals surface area contributed by atoms with Crippen LogP contribution in [0.3, 0.4) is 0 Å². The van der Waals surface area contributed by atoms with Crippen molar-refractivity contribution in [3.8, 4) is 5.75 Å². The lowest BCUT2D eigenvalue weighted by Crippen LogP contribution is -2.45. The topological polar surface area (TPSA) is 84.9 Å². The number of hydrogen-bond acceptors (Lipinski definition) is 5. The van der Waals surface area contributed by atoms with Crippen molar-refractivity contribution in [3.05, 3.63) is 48.3 Å². The molecule has 31 heavy (non-hydrogen) atoms. The second-order valence-electron chi connectivity index (χ2n) is 7.72. The molecule has 0 aliphatic carbocycles. The Labute approximate surface area is 183 Å². The van der Waals surface area contributed by atoms with E-state index in [1.165, 1.54) is 22.5 Å². The van der Waals surface area contributed by atoms with Gasteiger partial charge in [-0.05, 0) is 70.2 Å². The van der Waals surface area contributed by atoms with E-state index in [4.69, 9.17) is 9.47 Å². The molecule has 1 amide bonds. The summed E-state index contributed by atoms with van der Waals surface area (Å²) in [7, 11) is -3.97. The van der Waals surface area contributed by atoms with Gasteiger partial charge in [-0.3, -0.25) is 9.62 Å². The molecule has 0 bridgehead atoms. The number of carbonyl (C=O) groups excluding carboxylic acids is 1. The van der Waals surface area contributed by atoms with Gasteiger partial charge < -0.3 is 9.47 Å². The molecule has 0 spiro atoms. The third-order valence-corrected chi connectivity index (χ3v) is 6.03. The Kier molecular flexibility index (Phi) is 7.54. The Morgan fingerprint density at radius 1 is 1.16 bits per heavy atom. The molecule has 1 heterocycles. The molecule has 1 aliphatic rings. The Bertz CT molecular complexity index is 1020. The lowest BCUT2D eigenvalue weighted by atomic mass is 10.2. The van der Waals surface area contributed by atoms with E-state index in [-0.39, 0.29) is 17.2 Å². The lowest BCUT2D eigenvalue weighted by Gasteiger charge is -2.36. The number of amides is 1. The van der Waals surface area contributed by atoms with Crippen LogP contribution in [0.15, 0.2) is 47.4 Å². The molecule has 170 valence electrons. The normalized spacial score (nSPS) is 15.7. The van der Waals surface area contributed by atoms with Gasteiger partial charge in [0.1, 0.15) is 23.8 Å². The fourth-order valence-electron chi connectivity index (χ4n) is 2.91. The molecule has 1 aliphatic heterocycles. The minimum Gasteiger partial charge on any atom is -0.489 e. The van der Waals surface area contributed by atoms with E-state index in [9.17, 15) is 17.6 Å². The van der Waals surface area contributed by atoms with Crippen molar-refractivity contribution in [1.82, 2.24) is 0 Å². The van der Waals surface area contributed by atoms with Gasteiger partial charge in [0.15, 0.2) is 0 Å². The summed E-state index contributed by atoms with van der Waals surface area (Å²) in [5.74, 6) is -0.160. The van der Waals surface area contributed by atoms with Crippen LogP contribution in [-0.4, -0.2) is 32.8 Å². The number of sulfonamides is 1. The van der Waals surface area contributed by atoms with Gasteiger partial charge in [-0.15, -0.1) is 0 Å². The number of fused-ring (bicyclic) bond motifs is 1. The second-order valence-corrected chi connectivity index (χ2v) is 9.54. The van der Waals surface area contributed by atoms with Gasteiger partial charge in [0, 0.05) is 5.69 Å². The number of rotatable bonds is 3. The van der Waals surface area contributed by atoms with Gasteiger partial charge in [0.2, 0.25) is 0 Å². The standard InChI is InChI=1S/C20H23FN2O5S.C2H6/c1-13-12-27-18-10-7-15(22-19(24)28-20(2,3)4)11-17(18)23(13)29(25,26)16-8-5-14(21)6-9-16;1-2/h5-11,13H,12H2,1-4H3,(H,22,24);1-2H3/t13-;/m0./s1. The van der Waals surface area contributed by atoms with E-state index in [1.807, 2.05) is 13.8 Å². The van der Waals surface area contributed by atoms with Gasteiger partial charge in [-0.25, -0.2) is 17.6 Å². The first kappa shape index (κ1) is 24.5. The van der Waals surface area contributed by atoms with E-state index >= 15 is 0 Å². The molecule has 9 heteroatoms. The Hall–Kier alpha value is -2.81. The molecular weight excluding hydrogens is 423 g/mol. The van der Waals surface area contributed by atoms with Crippen molar-refractivity contribution in [1.29, 1.82) is 0 Å². The molecule has 7 nitrogen and oxygen atoms in total. The minimum absolute atomic E-state index is 0.0379. The predicted octanol–water partition coefficient (Wildman–Crippen LogP) is 5.18. The summed E-state index contributed by atoms with van der Waals surface area (Å²) < 4.78 is 51.8. The number of nitrogens with zero attached hydrogens (tertiary/aromatic N) is 1. The Morgan fingerprint density at radius 3 is 2.35 bits per heavy atom. The highest BCUT2D eigenvalue weighted by Crippen LogP contribution is 2.39. The minimum atomic E-state index is -3.97. The van der Waals surface area contributed by atoms with Gasteiger partial charge in [-0.2, -0.15) is 0 Å². The molecule has 0 unspecified atom stereocenters. The Morgan fingerprint density at radius 2 is 1.77 bits per heavy atom. The molecule has 2 aromatic carbocycles. The molecule has 1 N–H and O–H groups in total. The van der Waals surface area contributed by atoms with Crippen molar-refractivity contribution in [2.45, 2.75) is 58.1 Å². The maximum absolute atomic E-state index is 13.2. The number of hydrogen-bond donors (Lipinski definition) is 1. The van der Waals surface area contributed by atoms with Crippen LogP contribution in [-0.2, 0) is 14.8 Å². The lowest BCUT2D eigenvalue weighted by molar-refractivity contribution is 0.0636. The van der Waals surface area contributed by atoms with Crippen LogP contribution in [0.25, 0.3) is 0 Å². The molecule has 1 atom stereocenters. The third-order valence-electron chi connectivity index (χ3n) is 4.09. The van der Waals surface area contributed by atoms with E-state index in [1.54, 1.807) is 39.8 Å². The summed E-state index contributed by atoms with van der Waals surface area (Å²) in [5.41, 5.74) is -0.0370. The fraction of sp³-hybridized carbons (Fsp3) is 0.409. The van der Waals surface area contributed by atoms with Crippen molar-refractivity contribution in [3.63, 3.8) is 0 Å². The SMILES string of the molecule is CC.C[C@H]1COc2ccc(NC(=O)OC(C)(C)C)cc2N1S(=O)(=O)c1ccc(F)cc1. The maximum atomic E-state index is 13.2. The number of benzene rings is 2. The van der Waals surface area contributed by atoms with Crippen LogP contribution < -0.4 is 14.4 Å². The fourth-order valence-corrected chi connectivity index (χ4v) is 4.56. The number of ether oxygens (including phenoxy) is 2. The summed E-state index contributed by atoms with van der Waals surface area (Å²) in [6.07, 6.45) is -0.657. The molecular formula is C22H29FN2O5S. The van der Waals surface area contributed by atoms with Gasteiger partial charge >= 0.3 is 6.09 Å². The highest BCUT2D eigenvalue weighted by atomic mass is 32.2. The number of anilines is 2. The molecule has 2 aromatic rings. The van der Waals surface area contributed by atoms with Crippen molar-refractivity contribution >= 4 is 27.5 Å². The van der Waals surface area contributed by atoms with Crippen LogP contribution in [0.4, 0.5) is 20.6 Å². The van der Waals surface area contributed by atoms with Crippen molar-refractivity contribution < 1.29 is 27.1 Å². The van der Waals surface area contributed by atoms with E-state index < -0.39 is 33.6 Å². The van der Waals surface area contributed by atoms with Crippen LogP contribution in [0.5, 0.6) is 5.75 Å². The highest BCUT2D eigenvalue weighted by molar-refractivity contribution is 7.92. The molecule has 0 aromatic heterocycles. The van der Waals surface area contributed by atoms with E-state index in [0.29, 0.717) is 11.4 Å². The highest BCUT2D eigenvalue weighted by Gasteiger charge is 2.35. The van der Waals surface area contributed by atoms with Crippen LogP contribution >= 0.6 is 0 Å². The summed E-state index contributed by atoms with van der Waals surface area (Å²) in [5, 5.41) is 2.59. The summed E-state index contributed by atoms with van der Waals surface area (Å²) >= 11 is 0. The first-order valence-corrected chi connectivity index (χ1v) is 11.5. The monoisotopic (exact) mass is 452 g/mol. The molecule has 0 saturated carbocycles. The third kappa shape index (κ3) is 5.88. The zero-order valence-electron chi connectivity index (χ0n) is 18.6. The smallest absolute Gasteiger partial charge is 0.412 e. The molecule has 0 saturated heterocycles. The van der Waals surface area contributed by atoms with Crippen LogP contribution in [0, 0.1) is 5.82 Å². The summed E-state index contributed by atoms with van der Waals surface area (Å²) in [4.78, 5) is 12.0. The quantitative estimate of drug-likeness (QED) is 0.694. The first-order chi connectivity index (χ1) is 14.5. The first-order valence-electron chi connectivity index (χ1n) is 10.0. The largest absolute Gasteiger partial charge is 0.489 e. The average molecular weight is 453 g/mol. The molecule has 0 radical (unpaired) electrons. The van der Waals surface area contributed by atoms with E-state index in [2.05, 4.69) is 5.32 Å². The number of nitrogens with one attached hydrogen (secondary N) is 1.